The maximum atomic E-state index is 13.1. The van der Waals surface area contributed by atoms with Crippen molar-refractivity contribution in [1.29, 1.82) is 0 Å². The molecule has 0 radical (unpaired) electrons. The summed E-state index contributed by atoms with van der Waals surface area (Å²) in [7, 11) is 0. The van der Waals surface area contributed by atoms with Crippen molar-refractivity contribution >= 4 is 11.6 Å². The van der Waals surface area contributed by atoms with Crippen molar-refractivity contribution in [3.05, 3.63) is 30.1 Å². The largest absolute Gasteiger partial charge is 0.360 e. The van der Waals surface area contributed by atoms with Crippen LogP contribution >= 0.6 is 0 Å². The summed E-state index contributed by atoms with van der Waals surface area (Å²) >= 11 is 0. The number of quaternary nitrogens is 1. The zero-order valence-electron chi connectivity index (χ0n) is 16.3. The average Bonchev–Trinajstić information content (AvgIpc) is 2.65. The molecule has 1 heterocycles. The molecule has 1 aliphatic carbocycles. The normalized spacial score (nSPS) is 28.6. The van der Waals surface area contributed by atoms with E-state index in [2.05, 4.69) is 31.0 Å². The van der Waals surface area contributed by atoms with Crippen molar-refractivity contribution < 1.29 is 14.1 Å². The van der Waals surface area contributed by atoms with E-state index in [1.807, 2.05) is 12.1 Å². The minimum atomic E-state index is -0.199. The standard InChI is InChI=1S/C21H32FN3O/c1-15-5-4-6-20(16(15)2)23-21(26)17(3)24-11-13-25(14-12-24)19-9-7-18(22)8-10-19/h7-10,15-17,20H,4-6,11-14H2,1-3H3,(H,23,26)/p+1/t15-,16+,17+,20-/m0/s1. The Morgan fingerprint density at radius 3 is 2.50 bits per heavy atom. The van der Waals surface area contributed by atoms with Crippen molar-refractivity contribution in [1.82, 2.24) is 5.32 Å². The van der Waals surface area contributed by atoms with Crippen LogP contribution in [0.25, 0.3) is 0 Å². The number of anilines is 1. The Labute approximate surface area is 156 Å². The molecule has 2 fully saturated rings. The van der Waals surface area contributed by atoms with Crippen LogP contribution in [0, 0.1) is 17.7 Å². The van der Waals surface area contributed by atoms with Gasteiger partial charge in [0.1, 0.15) is 5.82 Å². The van der Waals surface area contributed by atoms with E-state index < -0.39 is 0 Å². The third-order valence-electron chi connectivity index (χ3n) is 6.64. The van der Waals surface area contributed by atoms with Gasteiger partial charge in [-0.2, -0.15) is 0 Å². The first-order chi connectivity index (χ1) is 12.5. The van der Waals surface area contributed by atoms with Crippen molar-refractivity contribution in [3.63, 3.8) is 0 Å². The predicted molar refractivity (Wildman–Crippen MR) is 103 cm³/mol. The van der Waals surface area contributed by atoms with Gasteiger partial charge in [-0.25, -0.2) is 4.39 Å². The zero-order valence-corrected chi connectivity index (χ0v) is 16.3. The first kappa shape index (κ1) is 19.2. The number of hydrogen-bond acceptors (Lipinski definition) is 2. The molecule has 1 aliphatic heterocycles. The lowest BCUT2D eigenvalue weighted by molar-refractivity contribution is -0.914. The first-order valence-corrected chi connectivity index (χ1v) is 10.1. The second-order valence-corrected chi connectivity index (χ2v) is 8.23. The lowest BCUT2D eigenvalue weighted by Crippen LogP contribution is -3.19. The molecular formula is C21H33FN3O+. The van der Waals surface area contributed by atoms with Gasteiger partial charge < -0.3 is 15.1 Å². The van der Waals surface area contributed by atoms with E-state index in [0.717, 1.165) is 38.3 Å². The Morgan fingerprint density at radius 1 is 1.19 bits per heavy atom. The molecule has 2 N–H and O–H groups in total. The van der Waals surface area contributed by atoms with E-state index in [0.29, 0.717) is 17.9 Å². The minimum absolute atomic E-state index is 0.0187. The molecule has 1 aromatic rings. The summed E-state index contributed by atoms with van der Waals surface area (Å²) in [5, 5.41) is 3.33. The van der Waals surface area contributed by atoms with Crippen LogP contribution in [0.3, 0.4) is 0 Å². The number of piperazine rings is 1. The average molecular weight is 363 g/mol. The number of benzene rings is 1. The molecule has 4 atom stereocenters. The van der Waals surface area contributed by atoms with Crippen molar-refractivity contribution in [2.45, 2.75) is 52.1 Å². The summed E-state index contributed by atoms with van der Waals surface area (Å²) in [5.74, 6) is 1.25. The summed E-state index contributed by atoms with van der Waals surface area (Å²) in [6, 6.07) is 7.00. The van der Waals surface area contributed by atoms with Gasteiger partial charge in [-0.05, 0) is 49.4 Å². The van der Waals surface area contributed by atoms with Gasteiger partial charge in [0.05, 0.1) is 26.2 Å². The Balaban J connectivity index is 1.50. The Bertz CT molecular complexity index is 598. The third kappa shape index (κ3) is 4.37. The molecule has 5 heteroatoms. The second-order valence-electron chi connectivity index (χ2n) is 8.23. The topological polar surface area (TPSA) is 36.8 Å². The number of nitrogens with zero attached hydrogens (tertiary/aromatic N) is 1. The quantitative estimate of drug-likeness (QED) is 0.858. The summed E-state index contributed by atoms with van der Waals surface area (Å²) in [6.07, 6.45) is 3.60. The molecule has 1 saturated carbocycles. The van der Waals surface area contributed by atoms with Crippen LogP contribution < -0.4 is 15.1 Å². The van der Waals surface area contributed by atoms with E-state index in [1.54, 1.807) is 0 Å². The Kier molecular flexibility index (Phi) is 6.17. The van der Waals surface area contributed by atoms with E-state index in [1.165, 1.54) is 29.9 Å². The maximum Gasteiger partial charge on any atom is 0.278 e. The molecule has 0 bridgehead atoms. The minimum Gasteiger partial charge on any atom is -0.360 e. The number of rotatable bonds is 4. The number of amides is 1. The first-order valence-electron chi connectivity index (χ1n) is 10.1. The van der Waals surface area contributed by atoms with Gasteiger partial charge in [-0.15, -0.1) is 0 Å². The SMILES string of the molecule is C[C@H]1[C@@H](NC(=O)[C@@H](C)[NH+]2CCN(c3ccc(F)cc3)CC2)CCC[C@@H]1C. The molecule has 0 unspecified atom stereocenters. The van der Waals surface area contributed by atoms with Gasteiger partial charge >= 0.3 is 0 Å². The van der Waals surface area contributed by atoms with E-state index in [9.17, 15) is 9.18 Å². The van der Waals surface area contributed by atoms with Gasteiger partial charge in [0.15, 0.2) is 6.04 Å². The highest BCUT2D eigenvalue weighted by molar-refractivity contribution is 5.80. The fraction of sp³-hybridized carbons (Fsp3) is 0.667. The Morgan fingerprint density at radius 2 is 1.85 bits per heavy atom. The van der Waals surface area contributed by atoms with E-state index >= 15 is 0 Å². The van der Waals surface area contributed by atoms with Crippen LogP contribution in [-0.4, -0.2) is 44.2 Å². The molecule has 3 rings (SSSR count). The molecule has 0 spiro atoms. The van der Waals surface area contributed by atoms with Crippen LogP contribution in [0.2, 0.25) is 0 Å². The monoisotopic (exact) mass is 362 g/mol. The third-order valence-corrected chi connectivity index (χ3v) is 6.64. The fourth-order valence-corrected chi connectivity index (χ4v) is 4.42. The van der Waals surface area contributed by atoms with Crippen LogP contribution in [0.5, 0.6) is 0 Å². The van der Waals surface area contributed by atoms with Crippen molar-refractivity contribution in [2.24, 2.45) is 11.8 Å². The number of nitrogens with one attached hydrogen (secondary N) is 2. The molecular weight excluding hydrogens is 329 g/mol. The fourth-order valence-electron chi connectivity index (χ4n) is 4.42. The molecule has 1 amide bonds. The highest BCUT2D eigenvalue weighted by Gasteiger charge is 2.33. The lowest BCUT2D eigenvalue weighted by atomic mass is 9.78. The highest BCUT2D eigenvalue weighted by Crippen LogP contribution is 2.29. The maximum absolute atomic E-state index is 13.1. The van der Waals surface area contributed by atoms with Gasteiger partial charge in [0.25, 0.3) is 5.91 Å². The van der Waals surface area contributed by atoms with Gasteiger partial charge in [-0.1, -0.05) is 26.7 Å². The van der Waals surface area contributed by atoms with Crippen LogP contribution in [0.4, 0.5) is 10.1 Å². The van der Waals surface area contributed by atoms with Crippen LogP contribution in [-0.2, 0) is 4.79 Å². The molecule has 26 heavy (non-hydrogen) atoms. The number of hydrogen-bond donors (Lipinski definition) is 2. The second kappa shape index (κ2) is 8.38. The molecule has 1 saturated heterocycles. The van der Waals surface area contributed by atoms with E-state index in [4.69, 9.17) is 0 Å². The lowest BCUT2D eigenvalue weighted by Gasteiger charge is -2.38. The molecule has 144 valence electrons. The Hall–Kier alpha value is -1.62. The summed E-state index contributed by atoms with van der Waals surface area (Å²) < 4.78 is 13.1. The van der Waals surface area contributed by atoms with Gasteiger partial charge in [0.2, 0.25) is 0 Å². The van der Waals surface area contributed by atoms with Crippen LogP contribution in [0.15, 0.2) is 24.3 Å². The van der Waals surface area contributed by atoms with Gasteiger partial charge in [0, 0.05) is 11.7 Å². The highest BCUT2D eigenvalue weighted by atomic mass is 19.1. The number of carbonyl (C=O) groups is 1. The van der Waals surface area contributed by atoms with Gasteiger partial charge in [-0.3, -0.25) is 4.79 Å². The van der Waals surface area contributed by atoms with Crippen molar-refractivity contribution in [3.8, 4) is 0 Å². The zero-order chi connectivity index (χ0) is 18.7. The smallest absolute Gasteiger partial charge is 0.278 e. The molecule has 2 aliphatic rings. The van der Waals surface area contributed by atoms with Crippen molar-refractivity contribution in [2.75, 3.05) is 31.1 Å². The molecule has 0 aromatic heterocycles. The predicted octanol–water partition coefficient (Wildman–Crippen LogP) is 1.86. The number of halogens is 1. The van der Waals surface area contributed by atoms with Crippen LogP contribution in [0.1, 0.15) is 40.0 Å². The molecule has 4 nitrogen and oxygen atoms in total. The molecule has 1 aromatic carbocycles. The summed E-state index contributed by atoms with van der Waals surface area (Å²) in [6.45, 7) is 10.3. The summed E-state index contributed by atoms with van der Waals surface area (Å²) in [5.41, 5.74) is 1.06. The number of carbonyl (C=O) groups excluding carboxylic acids is 1. The van der Waals surface area contributed by atoms with E-state index in [-0.39, 0.29) is 17.8 Å². The summed E-state index contributed by atoms with van der Waals surface area (Å²) in [4.78, 5) is 16.4.